The number of carbonyl (C=O) groups excluding carboxylic acids is 2. The minimum atomic E-state index is -4.23. The maximum absolute atomic E-state index is 14.1. The summed E-state index contributed by atoms with van der Waals surface area (Å²) in [5, 5.41) is 2.94. The zero-order valence-corrected chi connectivity index (χ0v) is 25.6. The van der Waals surface area contributed by atoms with Crippen molar-refractivity contribution < 1.29 is 27.5 Å². The Kier molecular flexibility index (Phi) is 12.2. The molecular formula is C32H41N3O6S. The lowest BCUT2D eigenvalue weighted by molar-refractivity contribution is -0.139. The van der Waals surface area contributed by atoms with Crippen molar-refractivity contribution in [2.75, 3.05) is 38.2 Å². The van der Waals surface area contributed by atoms with E-state index in [0.717, 1.165) is 22.7 Å². The Morgan fingerprint density at radius 2 is 1.55 bits per heavy atom. The van der Waals surface area contributed by atoms with Gasteiger partial charge in [0.25, 0.3) is 10.0 Å². The predicted molar refractivity (Wildman–Crippen MR) is 164 cm³/mol. The first kappa shape index (κ1) is 32.5. The summed E-state index contributed by atoms with van der Waals surface area (Å²) >= 11 is 0. The quantitative estimate of drug-likeness (QED) is 0.242. The SMILES string of the molecule is CCCCNC(=O)[C@@H](CC)N(CCc1ccccc1)C(=O)CN(c1ccccc1OC)S(=O)(=O)c1ccc(OC)cc1. The molecule has 9 nitrogen and oxygen atoms in total. The molecule has 3 aromatic carbocycles. The van der Waals surface area contributed by atoms with Gasteiger partial charge in [0.05, 0.1) is 24.8 Å². The van der Waals surface area contributed by atoms with Gasteiger partial charge in [-0.2, -0.15) is 0 Å². The number of hydrogen-bond donors (Lipinski definition) is 1. The minimum Gasteiger partial charge on any atom is -0.497 e. The van der Waals surface area contributed by atoms with E-state index in [9.17, 15) is 18.0 Å². The maximum Gasteiger partial charge on any atom is 0.264 e. The largest absolute Gasteiger partial charge is 0.497 e. The summed E-state index contributed by atoms with van der Waals surface area (Å²) in [4.78, 5) is 28.9. The third-order valence-electron chi connectivity index (χ3n) is 6.98. The first-order valence-corrected chi connectivity index (χ1v) is 15.6. The van der Waals surface area contributed by atoms with Crippen LogP contribution in [-0.4, -0.2) is 65.0 Å². The van der Waals surface area contributed by atoms with Crippen LogP contribution in [0.2, 0.25) is 0 Å². The second-order valence-corrected chi connectivity index (χ2v) is 11.6. The topological polar surface area (TPSA) is 105 Å². The first-order chi connectivity index (χ1) is 20.3. The number of carbonyl (C=O) groups is 2. The first-order valence-electron chi connectivity index (χ1n) is 14.2. The molecule has 0 bridgehead atoms. The molecule has 0 radical (unpaired) electrons. The van der Waals surface area contributed by atoms with Gasteiger partial charge < -0.3 is 19.7 Å². The predicted octanol–water partition coefficient (Wildman–Crippen LogP) is 4.67. The van der Waals surface area contributed by atoms with Crippen LogP contribution in [0, 0.1) is 0 Å². The van der Waals surface area contributed by atoms with Crippen LogP contribution in [0.3, 0.4) is 0 Å². The number of unbranched alkanes of at least 4 members (excludes halogenated alkanes) is 1. The fourth-order valence-corrected chi connectivity index (χ4v) is 6.05. The standard InChI is InChI=1S/C32H41N3O6S/c1-5-7-22-33-32(37)28(6-2)34(23-21-25-13-9-8-10-14-25)31(36)24-35(29-15-11-12-16-30(29)41-4)42(38,39)27-19-17-26(40-3)18-20-27/h8-20,28H,5-7,21-24H2,1-4H3,(H,33,37)/t28-/m1/s1. The van der Waals surface area contributed by atoms with Gasteiger partial charge in [-0.05, 0) is 61.2 Å². The Bertz CT molecular complexity index is 1400. The zero-order chi connectivity index (χ0) is 30.5. The van der Waals surface area contributed by atoms with Gasteiger partial charge in [-0.1, -0.05) is 62.7 Å². The molecule has 42 heavy (non-hydrogen) atoms. The van der Waals surface area contributed by atoms with Gasteiger partial charge in [-0.15, -0.1) is 0 Å². The molecule has 1 atom stereocenters. The molecule has 3 aromatic rings. The van der Waals surface area contributed by atoms with E-state index in [1.807, 2.05) is 44.2 Å². The fraction of sp³-hybridized carbons (Fsp3) is 0.375. The van der Waals surface area contributed by atoms with Crippen molar-refractivity contribution in [3.05, 3.63) is 84.4 Å². The summed E-state index contributed by atoms with van der Waals surface area (Å²) in [6.07, 6.45) is 2.62. The van der Waals surface area contributed by atoms with E-state index >= 15 is 0 Å². The number of nitrogens with zero attached hydrogens (tertiary/aromatic N) is 2. The van der Waals surface area contributed by atoms with Crippen LogP contribution in [0.25, 0.3) is 0 Å². The number of methoxy groups -OCH3 is 2. The molecule has 0 aliphatic rings. The lowest BCUT2D eigenvalue weighted by Gasteiger charge is -2.33. The Hall–Kier alpha value is -4.05. The van der Waals surface area contributed by atoms with Crippen molar-refractivity contribution >= 4 is 27.5 Å². The van der Waals surface area contributed by atoms with Gasteiger partial charge in [0.15, 0.2) is 0 Å². The van der Waals surface area contributed by atoms with Gasteiger partial charge in [-0.25, -0.2) is 8.42 Å². The summed E-state index contributed by atoms with van der Waals surface area (Å²) in [6.45, 7) is 4.10. The highest BCUT2D eigenvalue weighted by Gasteiger charge is 2.34. The second kappa shape index (κ2) is 15.8. The number of anilines is 1. The van der Waals surface area contributed by atoms with Gasteiger partial charge >= 0.3 is 0 Å². The molecule has 0 heterocycles. The lowest BCUT2D eigenvalue weighted by atomic mass is 10.1. The number of amides is 2. The Labute approximate surface area is 249 Å². The Balaban J connectivity index is 2.02. The Morgan fingerprint density at radius 1 is 0.881 bits per heavy atom. The molecule has 0 aliphatic heterocycles. The van der Waals surface area contributed by atoms with E-state index in [1.165, 1.54) is 31.3 Å². The van der Waals surface area contributed by atoms with Crippen molar-refractivity contribution in [1.29, 1.82) is 0 Å². The number of benzene rings is 3. The van der Waals surface area contributed by atoms with E-state index < -0.39 is 28.5 Å². The van der Waals surface area contributed by atoms with Gasteiger partial charge in [0.1, 0.15) is 24.1 Å². The zero-order valence-electron chi connectivity index (χ0n) is 24.8. The molecule has 0 saturated heterocycles. The minimum absolute atomic E-state index is 0.0119. The molecule has 0 aromatic heterocycles. The molecule has 0 spiro atoms. The summed E-state index contributed by atoms with van der Waals surface area (Å²) in [7, 11) is -1.29. The lowest BCUT2D eigenvalue weighted by Crippen LogP contribution is -2.53. The number of hydrogen-bond acceptors (Lipinski definition) is 6. The van der Waals surface area contributed by atoms with Crippen LogP contribution >= 0.6 is 0 Å². The van der Waals surface area contributed by atoms with Crippen LogP contribution in [0.4, 0.5) is 5.69 Å². The molecule has 3 rings (SSSR count). The van der Waals surface area contributed by atoms with Gasteiger partial charge in [-0.3, -0.25) is 13.9 Å². The molecule has 2 amide bonds. The van der Waals surface area contributed by atoms with Crippen LogP contribution in [0.1, 0.15) is 38.7 Å². The molecule has 0 aliphatic carbocycles. The molecule has 1 N–H and O–H groups in total. The van der Waals surface area contributed by atoms with Crippen molar-refractivity contribution in [2.45, 2.75) is 50.5 Å². The molecule has 0 unspecified atom stereocenters. The maximum atomic E-state index is 14.1. The molecular weight excluding hydrogens is 554 g/mol. The van der Waals surface area contributed by atoms with Crippen LogP contribution in [0.5, 0.6) is 11.5 Å². The summed E-state index contributed by atoms with van der Waals surface area (Å²) < 4.78 is 39.9. The van der Waals surface area contributed by atoms with E-state index in [-0.39, 0.29) is 23.0 Å². The van der Waals surface area contributed by atoms with Crippen LogP contribution < -0.4 is 19.1 Å². The highest BCUT2D eigenvalue weighted by Crippen LogP contribution is 2.33. The summed E-state index contributed by atoms with van der Waals surface area (Å²) in [5.74, 6) is 0.0454. The average molecular weight is 596 g/mol. The van der Waals surface area contributed by atoms with Crippen LogP contribution in [-0.2, 0) is 26.0 Å². The number of ether oxygens (including phenoxy) is 2. The van der Waals surface area contributed by atoms with Crippen molar-refractivity contribution in [1.82, 2.24) is 10.2 Å². The molecule has 0 saturated carbocycles. The average Bonchev–Trinajstić information content (AvgIpc) is 3.02. The summed E-state index contributed by atoms with van der Waals surface area (Å²) in [5.41, 5.74) is 1.22. The Morgan fingerprint density at radius 3 is 2.17 bits per heavy atom. The number of sulfonamides is 1. The van der Waals surface area contributed by atoms with Crippen molar-refractivity contribution in [3.63, 3.8) is 0 Å². The van der Waals surface area contributed by atoms with E-state index in [0.29, 0.717) is 30.9 Å². The number of rotatable bonds is 16. The number of para-hydroxylation sites is 2. The smallest absolute Gasteiger partial charge is 0.264 e. The highest BCUT2D eigenvalue weighted by molar-refractivity contribution is 7.92. The highest BCUT2D eigenvalue weighted by atomic mass is 32.2. The fourth-order valence-electron chi connectivity index (χ4n) is 4.63. The third-order valence-corrected chi connectivity index (χ3v) is 8.75. The van der Waals surface area contributed by atoms with Gasteiger partial charge in [0, 0.05) is 13.1 Å². The molecule has 10 heteroatoms. The second-order valence-electron chi connectivity index (χ2n) is 9.75. The van der Waals surface area contributed by atoms with Crippen LogP contribution in [0.15, 0.2) is 83.8 Å². The molecule has 0 fully saturated rings. The van der Waals surface area contributed by atoms with E-state index in [1.54, 1.807) is 36.4 Å². The third kappa shape index (κ3) is 8.25. The van der Waals surface area contributed by atoms with Crippen molar-refractivity contribution in [2.24, 2.45) is 0 Å². The van der Waals surface area contributed by atoms with E-state index in [2.05, 4.69) is 5.32 Å². The summed E-state index contributed by atoms with van der Waals surface area (Å²) in [6, 6.07) is 21.5. The monoisotopic (exact) mass is 595 g/mol. The number of nitrogens with one attached hydrogen (secondary N) is 1. The normalized spacial score (nSPS) is 11.8. The molecule has 226 valence electrons. The van der Waals surface area contributed by atoms with Gasteiger partial charge in [0.2, 0.25) is 11.8 Å². The van der Waals surface area contributed by atoms with Crippen molar-refractivity contribution in [3.8, 4) is 11.5 Å². The van der Waals surface area contributed by atoms with E-state index in [4.69, 9.17) is 9.47 Å².